The maximum Gasteiger partial charge on any atom is 0.308 e. The molecule has 104 valence electrons. The molecule has 0 amide bonds. The SMILES string of the molecule is C=CC[C@@H](C(=O)O)C(N)Cc1cc(F)c(F)cc1F. The van der Waals surface area contributed by atoms with E-state index >= 15 is 0 Å². The Morgan fingerprint density at radius 3 is 2.42 bits per heavy atom. The first-order valence-corrected chi connectivity index (χ1v) is 5.59. The summed E-state index contributed by atoms with van der Waals surface area (Å²) in [4.78, 5) is 11.0. The number of hydrogen-bond acceptors (Lipinski definition) is 2. The zero-order valence-corrected chi connectivity index (χ0v) is 10.1. The Balaban J connectivity index is 2.92. The average Bonchev–Trinajstić information content (AvgIpc) is 2.32. The van der Waals surface area contributed by atoms with Gasteiger partial charge < -0.3 is 10.8 Å². The molecule has 6 heteroatoms. The summed E-state index contributed by atoms with van der Waals surface area (Å²) < 4.78 is 39.2. The molecule has 0 radical (unpaired) electrons. The molecule has 0 fully saturated rings. The summed E-state index contributed by atoms with van der Waals surface area (Å²) in [6.07, 6.45) is 1.30. The Bertz CT molecular complexity index is 491. The molecule has 0 aliphatic rings. The molecule has 0 spiro atoms. The Morgan fingerprint density at radius 1 is 1.32 bits per heavy atom. The molecular formula is C13H14F3NO2. The van der Waals surface area contributed by atoms with Crippen LogP contribution in [0.25, 0.3) is 0 Å². The van der Waals surface area contributed by atoms with Crippen LogP contribution in [0.1, 0.15) is 12.0 Å². The summed E-state index contributed by atoms with van der Waals surface area (Å²) >= 11 is 0. The standard InChI is InChI=1S/C13H14F3NO2/c1-2-3-8(13(18)19)12(17)5-7-4-10(15)11(16)6-9(7)14/h2,4,6,8,12H,1,3,5,17H2,(H,18,19)/t8-,12?/m1/s1. The number of carboxylic acids is 1. The van der Waals surface area contributed by atoms with Crippen molar-refractivity contribution in [1.82, 2.24) is 0 Å². The third-order valence-corrected chi connectivity index (χ3v) is 2.80. The molecule has 1 rings (SSSR count). The van der Waals surface area contributed by atoms with Crippen molar-refractivity contribution in [2.24, 2.45) is 11.7 Å². The van der Waals surface area contributed by atoms with Crippen LogP contribution >= 0.6 is 0 Å². The lowest BCUT2D eigenvalue weighted by Crippen LogP contribution is -2.37. The van der Waals surface area contributed by atoms with E-state index in [2.05, 4.69) is 6.58 Å². The fourth-order valence-corrected chi connectivity index (χ4v) is 1.75. The number of aliphatic carboxylic acids is 1. The molecule has 0 heterocycles. The summed E-state index contributed by atoms with van der Waals surface area (Å²) in [5.41, 5.74) is 5.53. The molecule has 3 N–H and O–H groups in total. The van der Waals surface area contributed by atoms with Gasteiger partial charge in [-0.25, -0.2) is 13.2 Å². The van der Waals surface area contributed by atoms with Crippen molar-refractivity contribution in [3.8, 4) is 0 Å². The van der Waals surface area contributed by atoms with Gasteiger partial charge in [0, 0.05) is 12.1 Å². The topological polar surface area (TPSA) is 63.3 Å². The van der Waals surface area contributed by atoms with Gasteiger partial charge in [-0.05, 0) is 24.5 Å². The predicted molar refractivity (Wildman–Crippen MR) is 63.9 cm³/mol. The van der Waals surface area contributed by atoms with Gasteiger partial charge in [-0.15, -0.1) is 6.58 Å². The Hall–Kier alpha value is -1.82. The molecule has 1 aromatic rings. The summed E-state index contributed by atoms with van der Waals surface area (Å²) in [6, 6.07) is 0.188. The quantitative estimate of drug-likeness (QED) is 0.617. The number of allylic oxidation sites excluding steroid dienone is 1. The maximum atomic E-state index is 13.4. The van der Waals surface area contributed by atoms with Gasteiger partial charge in [-0.3, -0.25) is 4.79 Å². The molecule has 0 aliphatic heterocycles. The highest BCUT2D eigenvalue weighted by Crippen LogP contribution is 2.18. The number of carboxylic acid groups (broad SMARTS) is 1. The molecule has 0 aliphatic carbocycles. The zero-order valence-electron chi connectivity index (χ0n) is 10.1. The fourth-order valence-electron chi connectivity index (χ4n) is 1.75. The second-order valence-electron chi connectivity index (χ2n) is 4.19. The van der Waals surface area contributed by atoms with E-state index in [0.717, 1.165) is 0 Å². The van der Waals surface area contributed by atoms with Gasteiger partial charge in [0.15, 0.2) is 11.6 Å². The normalized spacial score (nSPS) is 13.9. The number of nitrogens with two attached hydrogens (primary N) is 1. The van der Waals surface area contributed by atoms with Gasteiger partial charge in [0.25, 0.3) is 0 Å². The zero-order chi connectivity index (χ0) is 14.6. The maximum absolute atomic E-state index is 13.4. The minimum atomic E-state index is -1.30. The van der Waals surface area contributed by atoms with E-state index in [0.29, 0.717) is 12.1 Å². The Kier molecular flexibility index (Phi) is 5.11. The van der Waals surface area contributed by atoms with E-state index in [-0.39, 0.29) is 18.4 Å². The first kappa shape index (κ1) is 15.2. The smallest absolute Gasteiger partial charge is 0.308 e. The van der Waals surface area contributed by atoms with Crippen molar-refractivity contribution in [1.29, 1.82) is 0 Å². The van der Waals surface area contributed by atoms with Crippen LogP contribution in [0.2, 0.25) is 0 Å². The molecule has 1 unspecified atom stereocenters. The van der Waals surface area contributed by atoms with Crippen molar-refractivity contribution < 1.29 is 23.1 Å². The van der Waals surface area contributed by atoms with E-state index in [4.69, 9.17) is 10.8 Å². The van der Waals surface area contributed by atoms with Crippen molar-refractivity contribution >= 4 is 5.97 Å². The van der Waals surface area contributed by atoms with E-state index in [9.17, 15) is 18.0 Å². The summed E-state index contributed by atoms with van der Waals surface area (Å²) in [5, 5.41) is 8.97. The highest BCUT2D eigenvalue weighted by atomic mass is 19.2. The monoisotopic (exact) mass is 273 g/mol. The van der Waals surface area contributed by atoms with Gasteiger partial charge >= 0.3 is 5.97 Å². The van der Waals surface area contributed by atoms with E-state index in [1.807, 2.05) is 0 Å². The van der Waals surface area contributed by atoms with Crippen molar-refractivity contribution in [3.05, 3.63) is 47.8 Å². The third-order valence-electron chi connectivity index (χ3n) is 2.80. The lowest BCUT2D eigenvalue weighted by atomic mass is 9.91. The predicted octanol–water partition coefficient (Wildman–Crippen LogP) is 2.25. The summed E-state index contributed by atoms with van der Waals surface area (Å²) in [6.45, 7) is 3.41. The highest BCUT2D eigenvalue weighted by Gasteiger charge is 2.25. The molecule has 2 atom stereocenters. The van der Waals surface area contributed by atoms with Crippen LogP contribution < -0.4 is 5.73 Å². The third kappa shape index (κ3) is 3.82. The van der Waals surface area contributed by atoms with Gasteiger partial charge in [0.2, 0.25) is 0 Å². The molecule has 3 nitrogen and oxygen atoms in total. The van der Waals surface area contributed by atoms with Gasteiger partial charge in [0.1, 0.15) is 5.82 Å². The van der Waals surface area contributed by atoms with Gasteiger partial charge in [0.05, 0.1) is 5.92 Å². The lowest BCUT2D eigenvalue weighted by molar-refractivity contribution is -0.142. The second kappa shape index (κ2) is 6.38. The Labute approximate surface area is 108 Å². The molecule has 0 saturated carbocycles. The van der Waals surface area contributed by atoms with Crippen molar-refractivity contribution in [2.45, 2.75) is 18.9 Å². The second-order valence-corrected chi connectivity index (χ2v) is 4.19. The molecule has 0 bridgehead atoms. The lowest BCUT2D eigenvalue weighted by Gasteiger charge is -2.19. The largest absolute Gasteiger partial charge is 0.481 e. The summed E-state index contributed by atoms with van der Waals surface area (Å²) in [7, 11) is 0. The Morgan fingerprint density at radius 2 is 1.89 bits per heavy atom. The highest BCUT2D eigenvalue weighted by molar-refractivity contribution is 5.71. The first-order chi connectivity index (χ1) is 8.86. The minimum absolute atomic E-state index is 0.113. The minimum Gasteiger partial charge on any atom is -0.481 e. The van der Waals surface area contributed by atoms with E-state index in [1.54, 1.807) is 0 Å². The van der Waals surface area contributed by atoms with Crippen LogP contribution in [0, 0.1) is 23.4 Å². The van der Waals surface area contributed by atoms with E-state index in [1.165, 1.54) is 6.08 Å². The van der Waals surface area contributed by atoms with Crippen LogP contribution in [0.3, 0.4) is 0 Å². The molecule has 0 saturated heterocycles. The van der Waals surface area contributed by atoms with Crippen molar-refractivity contribution in [2.75, 3.05) is 0 Å². The average molecular weight is 273 g/mol. The van der Waals surface area contributed by atoms with Crippen LogP contribution in [0.15, 0.2) is 24.8 Å². The number of benzene rings is 1. The van der Waals surface area contributed by atoms with Gasteiger partial charge in [-0.2, -0.15) is 0 Å². The van der Waals surface area contributed by atoms with E-state index < -0.39 is 35.4 Å². The van der Waals surface area contributed by atoms with Crippen LogP contribution in [-0.4, -0.2) is 17.1 Å². The first-order valence-electron chi connectivity index (χ1n) is 5.59. The van der Waals surface area contributed by atoms with Crippen LogP contribution in [-0.2, 0) is 11.2 Å². The number of hydrogen-bond donors (Lipinski definition) is 2. The number of carbonyl (C=O) groups is 1. The van der Waals surface area contributed by atoms with Crippen molar-refractivity contribution in [3.63, 3.8) is 0 Å². The molecule has 1 aromatic carbocycles. The molecule has 19 heavy (non-hydrogen) atoms. The molecular weight excluding hydrogens is 259 g/mol. The van der Waals surface area contributed by atoms with Gasteiger partial charge in [-0.1, -0.05) is 6.08 Å². The number of halogens is 3. The van der Waals surface area contributed by atoms with Crippen LogP contribution in [0.4, 0.5) is 13.2 Å². The number of rotatable bonds is 6. The van der Waals surface area contributed by atoms with Crippen LogP contribution in [0.5, 0.6) is 0 Å². The fraction of sp³-hybridized carbons (Fsp3) is 0.308. The summed E-state index contributed by atoms with van der Waals surface area (Å²) in [5.74, 6) is -5.53. The molecule has 0 aromatic heterocycles.